The average molecular weight is 329 g/mol. The molecular weight excluding hydrogens is 316 g/mol. The molecule has 6 heteroatoms. The van der Waals surface area contributed by atoms with E-state index in [2.05, 4.69) is 0 Å². The Bertz CT molecular complexity index is 108. The van der Waals surface area contributed by atoms with Gasteiger partial charge >= 0.3 is 41.7 Å². The molecule has 14 heavy (non-hydrogen) atoms. The zero-order valence-electron chi connectivity index (χ0n) is 7.77. The van der Waals surface area contributed by atoms with E-state index in [4.69, 9.17) is 24.9 Å². The molecule has 1 aliphatic rings. The molecule has 0 spiro atoms. The molecule has 0 atom stereocenters. The number of carboxylic acid groups (broad SMARTS) is 2. The fraction of sp³-hybridized carbons (Fsp3) is 0.625. The van der Waals surface area contributed by atoms with Gasteiger partial charge in [0.15, 0.2) is 0 Å². The van der Waals surface area contributed by atoms with Crippen LogP contribution in [0.15, 0.2) is 0 Å². The molecule has 1 saturated carbocycles. The van der Waals surface area contributed by atoms with Crippen LogP contribution in [0.5, 0.6) is 0 Å². The molecule has 5 nitrogen and oxygen atoms in total. The van der Waals surface area contributed by atoms with Gasteiger partial charge in [-0.25, -0.2) is 6.10 Å². The van der Waals surface area contributed by atoms with Crippen LogP contribution in [-0.2, 0) is 9.59 Å². The summed E-state index contributed by atoms with van der Waals surface area (Å²) in [7, 11) is 0. The van der Waals surface area contributed by atoms with Gasteiger partial charge < -0.3 is 24.9 Å². The van der Waals surface area contributed by atoms with Crippen molar-refractivity contribution in [3.8, 4) is 0 Å². The number of carbonyl (C=O) groups excluding carboxylic acids is 2. The summed E-state index contributed by atoms with van der Waals surface area (Å²) in [4.78, 5) is 16.5. The number of rotatable bonds is 0. The molecule has 0 aromatic carbocycles. The van der Waals surface area contributed by atoms with E-state index in [1.165, 1.54) is 19.3 Å². The van der Waals surface area contributed by atoms with Crippen LogP contribution in [0.2, 0.25) is 0 Å². The first-order valence-corrected chi connectivity index (χ1v) is 3.87. The molecule has 0 heterocycles. The molecular formula is C8H13CeO5. The topological polar surface area (TPSA) is 100 Å². The smallest absolute Gasteiger partial charge is 0.563 e. The van der Waals surface area contributed by atoms with Crippen LogP contribution in [0.4, 0.5) is 0 Å². The Hall–Kier alpha value is 0.277. The van der Waals surface area contributed by atoms with Gasteiger partial charge in [0.05, 0.1) is 0 Å². The molecule has 1 N–H and O–H groups in total. The Morgan fingerprint density at radius 3 is 1.43 bits per heavy atom. The third kappa shape index (κ3) is 22.8. The van der Waals surface area contributed by atoms with E-state index in [1.54, 1.807) is 0 Å². The summed E-state index contributed by atoms with van der Waals surface area (Å²) >= 11 is 0. The van der Waals surface area contributed by atoms with Crippen LogP contribution in [-0.4, -0.2) is 18.1 Å². The minimum atomic E-state index is -0.500. The normalized spacial score (nSPS) is 14.4. The van der Waals surface area contributed by atoms with E-state index in [9.17, 15) is 0 Å². The first-order valence-electron chi connectivity index (χ1n) is 3.87. The molecule has 1 aliphatic carbocycles. The largest absolute Gasteiger partial charge is 3.00 e. The first-order chi connectivity index (χ1) is 6.22. The van der Waals surface area contributed by atoms with E-state index in [0.717, 1.165) is 12.8 Å². The van der Waals surface area contributed by atoms with Crippen molar-refractivity contribution in [3.05, 3.63) is 6.10 Å². The quantitative estimate of drug-likeness (QED) is 0.435. The summed E-state index contributed by atoms with van der Waals surface area (Å²) in [6.45, 7) is -1.00. The van der Waals surface area contributed by atoms with E-state index in [1.807, 2.05) is 0 Å². The van der Waals surface area contributed by atoms with Crippen LogP contribution in [0.3, 0.4) is 0 Å². The number of carbonyl (C=O) groups is 2. The van der Waals surface area contributed by atoms with Crippen molar-refractivity contribution in [1.29, 1.82) is 0 Å². The van der Waals surface area contributed by atoms with Gasteiger partial charge in [0, 0.05) is 12.9 Å². The van der Waals surface area contributed by atoms with E-state index in [-0.39, 0.29) is 41.7 Å². The molecule has 1 fully saturated rings. The van der Waals surface area contributed by atoms with Crippen molar-refractivity contribution in [2.24, 2.45) is 0 Å². The van der Waals surface area contributed by atoms with E-state index >= 15 is 0 Å². The molecule has 0 aromatic heterocycles. The molecule has 1 radical (unpaired) electrons. The zero-order chi connectivity index (χ0) is 10.5. The molecule has 0 bridgehead atoms. The van der Waals surface area contributed by atoms with Crippen molar-refractivity contribution in [1.82, 2.24) is 0 Å². The zero-order valence-corrected chi connectivity index (χ0v) is 10.9. The molecule has 0 saturated heterocycles. The summed E-state index contributed by atoms with van der Waals surface area (Å²) in [6.07, 6.45) is 6.34. The Kier molecular flexibility index (Phi) is 26.8. The maximum Gasteiger partial charge on any atom is 3.00 e. The summed E-state index contributed by atoms with van der Waals surface area (Å²) in [5.74, 6) is 0. The van der Waals surface area contributed by atoms with Crippen molar-refractivity contribution in [2.45, 2.75) is 32.1 Å². The second kappa shape index (κ2) is 18.9. The van der Waals surface area contributed by atoms with Gasteiger partial charge in [-0.15, -0.1) is 0 Å². The predicted octanol–water partition coefficient (Wildman–Crippen LogP) is -1.41. The second-order valence-corrected chi connectivity index (χ2v) is 2.32. The minimum Gasteiger partial charge on any atom is -0.563 e. The summed E-state index contributed by atoms with van der Waals surface area (Å²) in [5, 5.41) is 25.3. The van der Waals surface area contributed by atoms with Gasteiger partial charge in [-0.3, -0.25) is 0 Å². The van der Waals surface area contributed by atoms with Gasteiger partial charge in [-0.1, -0.05) is 19.3 Å². The SMILES string of the molecule is O=C[O-].O=C[O-].O[C-]1CCCCC1.[Ce+3]. The van der Waals surface area contributed by atoms with Crippen LogP contribution in [0.1, 0.15) is 32.1 Å². The third-order valence-electron chi connectivity index (χ3n) is 1.43. The predicted molar refractivity (Wildman–Crippen MR) is 40.4 cm³/mol. The number of aliphatic hydroxyl groups is 1. The van der Waals surface area contributed by atoms with Crippen LogP contribution < -0.4 is 10.2 Å². The van der Waals surface area contributed by atoms with Crippen molar-refractivity contribution in [3.63, 3.8) is 0 Å². The molecule has 0 aromatic rings. The van der Waals surface area contributed by atoms with Gasteiger partial charge in [0.1, 0.15) is 0 Å². The van der Waals surface area contributed by atoms with Crippen molar-refractivity contribution < 1.29 is 66.7 Å². The van der Waals surface area contributed by atoms with Gasteiger partial charge in [0.25, 0.3) is 0 Å². The monoisotopic (exact) mass is 329 g/mol. The molecule has 0 amide bonds. The summed E-state index contributed by atoms with van der Waals surface area (Å²) in [5.41, 5.74) is 0. The average Bonchev–Trinajstić information content (AvgIpc) is 2.08. The Morgan fingerprint density at radius 2 is 1.29 bits per heavy atom. The van der Waals surface area contributed by atoms with Gasteiger partial charge in [0.2, 0.25) is 0 Å². The standard InChI is InChI=1S/C6H11O.2CH2O2.Ce/c7-6-4-2-1-3-5-6;2*2-1-3;/h7H,1-5H2;2*1H,(H,2,3);/q-1;;;+3/p-2. The summed E-state index contributed by atoms with van der Waals surface area (Å²) < 4.78 is 0. The molecule has 79 valence electrons. The third-order valence-corrected chi connectivity index (χ3v) is 1.43. The van der Waals surface area contributed by atoms with Crippen molar-refractivity contribution in [2.75, 3.05) is 0 Å². The number of hydrogen-bond donors (Lipinski definition) is 1. The Balaban J connectivity index is -0.000000150. The Labute approximate surface area is 117 Å². The second-order valence-electron chi connectivity index (χ2n) is 2.32. The van der Waals surface area contributed by atoms with Crippen LogP contribution in [0, 0.1) is 47.9 Å². The van der Waals surface area contributed by atoms with Gasteiger partial charge in [-0.2, -0.15) is 12.8 Å². The fourth-order valence-electron chi connectivity index (χ4n) is 0.960. The Morgan fingerprint density at radius 1 is 1.00 bits per heavy atom. The van der Waals surface area contributed by atoms with E-state index in [0.29, 0.717) is 6.10 Å². The number of aliphatic hydroxyl groups excluding tert-OH is 1. The maximum absolute atomic E-state index is 8.83. The maximum atomic E-state index is 8.83. The van der Waals surface area contributed by atoms with E-state index < -0.39 is 12.9 Å². The van der Waals surface area contributed by atoms with Gasteiger partial charge in [-0.05, 0) is 0 Å². The van der Waals surface area contributed by atoms with Crippen LogP contribution >= 0.6 is 0 Å². The molecule has 0 aliphatic heterocycles. The fourth-order valence-corrected chi connectivity index (χ4v) is 0.960. The minimum absolute atomic E-state index is 0. The molecule has 0 unspecified atom stereocenters. The number of hydrogen-bond acceptors (Lipinski definition) is 5. The van der Waals surface area contributed by atoms with Crippen molar-refractivity contribution >= 4 is 12.9 Å². The molecule has 1 rings (SSSR count). The summed E-state index contributed by atoms with van der Waals surface area (Å²) in [6, 6.07) is 0. The first kappa shape index (κ1) is 19.8. The van der Waals surface area contributed by atoms with Crippen LogP contribution in [0.25, 0.3) is 0 Å².